The molecule has 0 saturated carbocycles. The van der Waals surface area contributed by atoms with Crippen LogP contribution in [0.5, 0.6) is 0 Å². The van der Waals surface area contributed by atoms with Gasteiger partial charge in [0.25, 0.3) is 0 Å². The molecule has 2 nitrogen and oxygen atoms in total. The lowest BCUT2D eigenvalue weighted by molar-refractivity contribution is 0.333. The van der Waals surface area contributed by atoms with E-state index < -0.39 is 0 Å². The van der Waals surface area contributed by atoms with Gasteiger partial charge in [0.05, 0.1) is 0 Å². The summed E-state index contributed by atoms with van der Waals surface area (Å²) in [5.74, 6) is 0. The average Bonchev–Trinajstić information content (AvgIpc) is 2.00. The van der Waals surface area contributed by atoms with E-state index in [2.05, 4.69) is 37.7 Å². The third kappa shape index (κ3) is 7.76. The van der Waals surface area contributed by atoms with Gasteiger partial charge in [-0.15, -0.1) is 6.58 Å². The van der Waals surface area contributed by atoms with Crippen molar-refractivity contribution >= 4 is 0 Å². The third-order valence-electron chi connectivity index (χ3n) is 1.76. The quantitative estimate of drug-likeness (QED) is 0.582. The van der Waals surface area contributed by atoms with Crippen LogP contribution in [0.1, 0.15) is 20.3 Å². The predicted octanol–water partition coefficient (Wildman–Crippen LogP) is 1.49. The zero-order chi connectivity index (χ0) is 9.40. The zero-order valence-electron chi connectivity index (χ0n) is 8.64. The monoisotopic (exact) mass is 170 g/mol. The predicted molar refractivity (Wildman–Crippen MR) is 55.4 cm³/mol. The van der Waals surface area contributed by atoms with E-state index in [1.807, 2.05) is 6.08 Å². The van der Waals surface area contributed by atoms with Crippen LogP contribution >= 0.6 is 0 Å². The molecule has 0 saturated heterocycles. The lowest BCUT2D eigenvalue weighted by Crippen LogP contribution is -2.33. The highest BCUT2D eigenvalue weighted by Gasteiger charge is 1.96. The third-order valence-corrected chi connectivity index (χ3v) is 1.76. The lowest BCUT2D eigenvalue weighted by Gasteiger charge is -2.16. The van der Waals surface area contributed by atoms with Crippen molar-refractivity contribution in [1.29, 1.82) is 0 Å². The Kier molecular flexibility index (Phi) is 7.11. The van der Waals surface area contributed by atoms with Crippen molar-refractivity contribution < 1.29 is 0 Å². The van der Waals surface area contributed by atoms with E-state index in [4.69, 9.17) is 0 Å². The van der Waals surface area contributed by atoms with E-state index in [9.17, 15) is 0 Å². The molecule has 0 aromatic carbocycles. The maximum Gasteiger partial charge on any atom is 0.0104 e. The molecule has 2 heteroatoms. The van der Waals surface area contributed by atoms with E-state index in [-0.39, 0.29) is 0 Å². The van der Waals surface area contributed by atoms with E-state index in [0.717, 1.165) is 26.1 Å². The van der Waals surface area contributed by atoms with Gasteiger partial charge in [-0.3, -0.25) is 0 Å². The summed E-state index contributed by atoms with van der Waals surface area (Å²) in [5.41, 5.74) is 0. The van der Waals surface area contributed by atoms with Crippen molar-refractivity contribution in [3.05, 3.63) is 12.7 Å². The number of rotatable bonds is 7. The molecule has 12 heavy (non-hydrogen) atoms. The second-order valence-corrected chi connectivity index (χ2v) is 3.49. The molecule has 1 N–H and O–H groups in total. The van der Waals surface area contributed by atoms with Crippen molar-refractivity contribution in [1.82, 2.24) is 10.2 Å². The first-order chi connectivity index (χ1) is 5.66. The molecule has 0 aromatic rings. The van der Waals surface area contributed by atoms with Crippen LogP contribution in [0.3, 0.4) is 0 Å². The highest BCUT2D eigenvalue weighted by molar-refractivity contribution is 4.68. The zero-order valence-corrected chi connectivity index (χ0v) is 8.64. The summed E-state index contributed by atoms with van der Waals surface area (Å²) in [6, 6.07) is 0.595. The van der Waals surface area contributed by atoms with Gasteiger partial charge in [-0.25, -0.2) is 0 Å². The Hall–Kier alpha value is -0.340. The molecular formula is C10H22N2. The molecule has 0 aliphatic heterocycles. The fourth-order valence-corrected chi connectivity index (χ4v) is 0.968. The van der Waals surface area contributed by atoms with Crippen molar-refractivity contribution in [2.75, 3.05) is 26.7 Å². The number of hydrogen-bond acceptors (Lipinski definition) is 2. The van der Waals surface area contributed by atoms with E-state index in [0.29, 0.717) is 6.04 Å². The molecule has 0 amide bonds. The number of likely N-dealkylation sites (N-methyl/N-ethyl adjacent to an activating group) is 1. The molecule has 0 radical (unpaired) electrons. The maximum absolute atomic E-state index is 3.70. The van der Waals surface area contributed by atoms with Crippen LogP contribution in [0.2, 0.25) is 0 Å². The Morgan fingerprint density at radius 1 is 1.42 bits per heavy atom. The van der Waals surface area contributed by atoms with Gasteiger partial charge in [0.2, 0.25) is 0 Å². The summed E-state index contributed by atoms with van der Waals surface area (Å²) in [5, 5.41) is 3.39. The SMILES string of the molecule is C=CCCN(C)CCNC(C)C. The molecule has 0 aliphatic rings. The summed E-state index contributed by atoms with van der Waals surface area (Å²) in [4.78, 5) is 2.32. The number of hydrogen-bond donors (Lipinski definition) is 1. The summed E-state index contributed by atoms with van der Waals surface area (Å²) >= 11 is 0. The highest BCUT2D eigenvalue weighted by atomic mass is 15.1. The minimum atomic E-state index is 0.595. The van der Waals surface area contributed by atoms with Gasteiger partial charge in [0.15, 0.2) is 0 Å². The Bertz CT molecular complexity index is 110. The van der Waals surface area contributed by atoms with E-state index in [1.54, 1.807) is 0 Å². The number of nitrogens with one attached hydrogen (secondary N) is 1. The Morgan fingerprint density at radius 2 is 2.08 bits per heavy atom. The molecule has 0 atom stereocenters. The molecule has 72 valence electrons. The largest absolute Gasteiger partial charge is 0.313 e. The fraction of sp³-hybridized carbons (Fsp3) is 0.800. The minimum absolute atomic E-state index is 0.595. The van der Waals surface area contributed by atoms with Gasteiger partial charge in [-0.2, -0.15) is 0 Å². The topological polar surface area (TPSA) is 15.3 Å². The van der Waals surface area contributed by atoms with Crippen LogP contribution in [-0.2, 0) is 0 Å². The van der Waals surface area contributed by atoms with Crippen LogP contribution in [-0.4, -0.2) is 37.6 Å². The number of nitrogens with zero attached hydrogens (tertiary/aromatic N) is 1. The van der Waals surface area contributed by atoms with Gasteiger partial charge in [0, 0.05) is 25.7 Å². The van der Waals surface area contributed by atoms with Gasteiger partial charge in [0.1, 0.15) is 0 Å². The van der Waals surface area contributed by atoms with Gasteiger partial charge in [-0.05, 0) is 13.5 Å². The maximum atomic E-state index is 3.70. The summed E-state index contributed by atoms with van der Waals surface area (Å²) in [6.45, 7) is 11.3. The van der Waals surface area contributed by atoms with E-state index in [1.165, 1.54) is 0 Å². The smallest absolute Gasteiger partial charge is 0.0104 e. The van der Waals surface area contributed by atoms with Crippen LogP contribution in [0.4, 0.5) is 0 Å². The molecule has 0 spiro atoms. The van der Waals surface area contributed by atoms with Crippen molar-refractivity contribution in [3.63, 3.8) is 0 Å². The Balaban J connectivity index is 3.18. The second kappa shape index (κ2) is 7.32. The van der Waals surface area contributed by atoms with Crippen molar-refractivity contribution in [2.45, 2.75) is 26.3 Å². The Labute approximate surface area is 76.6 Å². The van der Waals surface area contributed by atoms with Crippen molar-refractivity contribution in [2.24, 2.45) is 0 Å². The summed E-state index contributed by atoms with van der Waals surface area (Å²) in [7, 11) is 2.14. The summed E-state index contributed by atoms with van der Waals surface area (Å²) < 4.78 is 0. The molecule has 0 bridgehead atoms. The molecule has 0 heterocycles. The average molecular weight is 170 g/mol. The van der Waals surface area contributed by atoms with Gasteiger partial charge >= 0.3 is 0 Å². The lowest BCUT2D eigenvalue weighted by atomic mass is 10.3. The first kappa shape index (κ1) is 11.7. The van der Waals surface area contributed by atoms with Crippen LogP contribution in [0.15, 0.2) is 12.7 Å². The Morgan fingerprint density at radius 3 is 2.58 bits per heavy atom. The normalized spacial score (nSPS) is 11.1. The fourth-order valence-electron chi connectivity index (χ4n) is 0.968. The van der Waals surface area contributed by atoms with Crippen LogP contribution in [0.25, 0.3) is 0 Å². The first-order valence-electron chi connectivity index (χ1n) is 4.69. The highest BCUT2D eigenvalue weighted by Crippen LogP contribution is 1.86. The molecule has 0 aromatic heterocycles. The summed E-state index contributed by atoms with van der Waals surface area (Å²) in [6.07, 6.45) is 3.05. The minimum Gasteiger partial charge on any atom is -0.313 e. The second-order valence-electron chi connectivity index (χ2n) is 3.49. The van der Waals surface area contributed by atoms with Gasteiger partial charge in [-0.1, -0.05) is 19.9 Å². The van der Waals surface area contributed by atoms with Crippen LogP contribution in [0, 0.1) is 0 Å². The molecular weight excluding hydrogens is 148 g/mol. The standard InChI is InChI=1S/C10H22N2/c1-5-6-8-12(4)9-7-11-10(2)3/h5,10-11H,1,6-9H2,2-4H3. The molecule has 0 rings (SSSR count). The first-order valence-corrected chi connectivity index (χ1v) is 4.69. The van der Waals surface area contributed by atoms with Crippen LogP contribution < -0.4 is 5.32 Å². The molecule has 0 aliphatic carbocycles. The molecule has 0 unspecified atom stereocenters. The van der Waals surface area contributed by atoms with E-state index >= 15 is 0 Å². The molecule has 0 fully saturated rings. The van der Waals surface area contributed by atoms with Crippen molar-refractivity contribution in [3.8, 4) is 0 Å². The van der Waals surface area contributed by atoms with Gasteiger partial charge < -0.3 is 10.2 Å².